The molecule has 2 atom stereocenters. The summed E-state index contributed by atoms with van der Waals surface area (Å²) >= 11 is 0. The third-order valence-electron chi connectivity index (χ3n) is 2.36. The molecule has 0 amide bonds. The van der Waals surface area contributed by atoms with E-state index in [-0.39, 0.29) is 24.0 Å². The van der Waals surface area contributed by atoms with Crippen molar-refractivity contribution in [1.29, 1.82) is 0 Å². The molecule has 0 N–H and O–H groups in total. The summed E-state index contributed by atoms with van der Waals surface area (Å²) in [5, 5.41) is 0. The van der Waals surface area contributed by atoms with E-state index in [2.05, 4.69) is 0 Å². The van der Waals surface area contributed by atoms with E-state index < -0.39 is 0 Å². The molecule has 4 nitrogen and oxygen atoms in total. The van der Waals surface area contributed by atoms with Crippen LogP contribution in [0.4, 0.5) is 0 Å². The van der Waals surface area contributed by atoms with Crippen molar-refractivity contribution < 1.29 is 19.1 Å². The van der Waals surface area contributed by atoms with Crippen LogP contribution in [0.3, 0.4) is 0 Å². The summed E-state index contributed by atoms with van der Waals surface area (Å²) in [6, 6.07) is 0. The highest BCUT2D eigenvalue weighted by Crippen LogP contribution is 2.29. The molecule has 1 rings (SSSR count). The second-order valence-electron chi connectivity index (χ2n) is 3.44. The predicted molar refractivity (Wildman–Crippen MR) is 49.5 cm³/mol. The zero-order valence-electron chi connectivity index (χ0n) is 8.62. The molecule has 0 aliphatic heterocycles. The quantitative estimate of drug-likeness (QED) is 0.644. The van der Waals surface area contributed by atoms with Crippen molar-refractivity contribution in [3.05, 3.63) is 0 Å². The number of ether oxygens (including phenoxy) is 2. The van der Waals surface area contributed by atoms with Crippen molar-refractivity contribution in [1.82, 2.24) is 0 Å². The Balaban J connectivity index is 2.50. The molecule has 14 heavy (non-hydrogen) atoms. The average Bonchev–Trinajstić information content (AvgIpc) is 2.51. The van der Waals surface area contributed by atoms with Crippen LogP contribution in [0, 0.1) is 5.92 Å². The normalized spacial score (nSPS) is 25.9. The zero-order valence-corrected chi connectivity index (χ0v) is 8.62. The van der Waals surface area contributed by atoms with E-state index in [1.54, 1.807) is 6.92 Å². The fourth-order valence-electron chi connectivity index (χ4n) is 1.80. The Kier molecular flexibility index (Phi) is 3.92. The molecular weight excluding hydrogens is 184 g/mol. The topological polar surface area (TPSA) is 52.6 Å². The molecule has 0 heterocycles. The average molecular weight is 200 g/mol. The van der Waals surface area contributed by atoms with E-state index in [0.717, 1.165) is 19.3 Å². The second-order valence-corrected chi connectivity index (χ2v) is 3.44. The maximum atomic E-state index is 11.4. The molecule has 0 aromatic heterocycles. The van der Waals surface area contributed by atoms with Crippen LogP contribution in [0.2, 0.25) is 0 Å². The zero-order chi connectivity index (χ0) is 10.6. The summed E-state index contributed by atoms with van der Waals surface area (Å²) in [5.74, 6) is -0.818. The van der Waals surface area contributed by atoms with Crippen LogP contribution in [0.25, 0.3) is 0 Å². The molecule has 0 saturated heterocycles. The Labute approximate surface area is 83.6 Å². The van der Waals surface area contributed by atoms with Gasteiger partial charge in [0.2, 0.25) is 0 Å². The van der Waals surface area contributed by atoms with Gasteiger partial charge in [-0.25, -0.2) is 0 Å². The van der Waals surface area contributed by atoms with Crippen LogP contribution in [0.5, 0.6) is 0 Å². The largest absolute Gasteiger partial charge is 0.466 e. The van der Waals surface area contributed by atoms with Gasteiger partial charge in [-0.05, 0) is 26.2 Å². The Morgan fingerprint density at radius 1 is 1.36 bits per heavy atom. The third-order valence-corrected chi connectivity index (χ3v) is 2.36. The maximum Gasteiger partial charge on any atom is 0.312 e. The standard InChI is InChI=1S/C10H16O4/c1-3-13-10(12)8-5-4-6-9(8)14-7(2)11/h8-9H,3-6H2,1-2H3. The van der Waals surface area contributed by atoms with Gasteiger partial charge in [0.05, 0.1) is 12.5 Å². The number of carbonyl (C=O) groups excluding carboxylic acids is 2. The van der Waals surface area contributed by atoms with E-state index in [0.29, 0.717) is 6.61 Å². The summed E-state index contributed by atoms with van der Waals surface area (Å²) in [6.45, 7) is 3.51. The summed E-state index contributed by atoms with van der Waals surface area (Å²) in [6.07, 6.45) is 2.17. The summed E-state index contributed by atoms with van der Waals surface area (Å²) < 4.78 is 9.96. The molecule has 0 radical (unpaired) electrons. The fraction of sp³-hybridized carbons (Fsp3) is 0.800. The van der Waals surface area contributed by atoms with Crippen LogP contribution in [-0.2, 0) is 19.1 Å². The molecular formula is C10H16O4. The first-order valence-electron chi connectivity index (χ1n) is 4.99. The lowest BCUT2D eigenvalue weighted by Crippen LogP contribution is -2.28. The number of carbonyl (C=O) groups is 2. The van der Waals surface area contributed by atoms with Crippen LogP contribution >= 0.6 is 0 Å². The lowest BCUT2D eigenvalue weighted by Gasteiger charge is -2.17. The highest BCUT2D eigenvalue weighted by molar-refractivity contribution is 5.74. The molecule has 1 aliphatic carbocycles. The first-order valence-corrected chi connectivity index (χ1v) is 4.99. The van der Waals surface area contributed by atoms with E-state index in [9.17, 15) is 9.59 Å². The van der Waals surface area contributed by atoms with Crippen molar-refractivity contribution in [3.8, 4) is 0 Å². The molecule has 4 heteroatoms. The van der Waals surface area contributed by atoms with Gasteiger partial charge in [0.25, 0.3) is 0 Å². The molecule has 0 bridgehead atoms. The summed E-state index contributed by atoms with van der Waals surface area (Å²) in [4.78, 5) is 22.2. The van der Waals surface area contributed by atoms with Gasteiger partial charge in [0.15, 0.2) is 0 Å². The van der Waals surface area contributed by atoms with Crippen LogP contribution in [0.15, 0.2) is 0 Å². The van der Waals surface area contributed by atoms with E-state index in [4.69, 9.17) is 9.47 Å². The van der Waals surface area contributed by atoms with Crippen LogP contribution in [-0.4, -0.2) is 24.6 Å². The first-order chi connectivity index (χ1) is 6.65. The number of hydrogen-bond acceptors (Lipinski definition) is 4. The van der Waals surface area contributed by atoms with Crippen molar-refractivity contribution in [2.45, 2.75) is 39.2 Å². The Bertz CT molecular complexity index is 224. The SMILES string of the molecule is CCOC(=O)C1CCCC1OC(C)=O. The Morgan fingerprint density at radius 3 is 2.64 bits per heavy atom. The molecule has 80 valence electrons. The highest BCUT2D eigenvalue weighted by atomic mass is 16.6. The van der Waals surface area contributed by atoms with Crippen LogP contribution < -0.4 is 0 Å². The third kappa shape index (κ3) is 2.72. The lowest BCUT2D eigenvalue weighted by atomic mass is 10.1. The molecule has 0 spiro atoms. The Morgan fingerprint density at radius 2 is 2.07 bits per heavy atom. The van der Waals surface area contributed by atoms with Crippen molar-refractivity contribution in [2.24, 2.45) is 5.92 Å². The molecule has 1 fully saturated rings. The van der Waals surface area contributed by atoms with Crippen molar-refractivity contribution >= 4 is 11.9 Å². The number of hydrogen-bond donors (Lipinski definition) is 0. The van der Waals surface area contributed by atoms with Gasteiger partial charge in [-0.3, -0.25) is 9.59 Å². The lowest BCUT2D eigenvalue weighted by molar-refractivity contribution is -0.158. The van der Waals surface area contributed by atoms with Gasteiger partial charge in [0, 0.05) is 6.92 Å². The predicted octanol–water partition coefficient (Wildman–Crippen LogP) is 1.28. The van der Waals surface area contributed by atoms with Crippen LogP contribution in [0.1, 0.15) is 33.1 Å². The minimum absolute atomic E-state index is 0.240. The minimum Gasteiger partial charge on any atom is -0.466 e. The monoisotopic (exact) mass is 200 g/mol. The second kappa shape index (κ2) is 4.98. The van der Waals surface area contributed by atoms with Gasteiger partial charge in [-0.2, -0.15) is 0 Å². The highest BCUT2D eigenvalue weighted by Gasteiger charge is 2.36. The maximum absolute atomic E-state index is 11.4. The number of rotatable bonds is 3. The molecule has 0 aromatic rings. The van der Waals surface area contributed by atoms with Gasteiger partial charge >= 0.3 is 11.9 Å². The molecule has 1 aliphatic rings. The number of esters is 2. The smallest absolute Gasteiger partial charge is 0.312 e. The van der Waals surface area contributed by atoms with E-state index in [1.165, 1.54) is 6.92 Å². The van der Waals surface area contributed by atoms with E-state index in [1.807, 2.05) is 0 Å². The Hall–Kier alpha value is -1.06. The summed E-state index contributed by atoms with van der Waals surface area (Å²) in [5.41, 5.74) is 0. The van der Waals surface area contributed by atoms with Gasteiger partial charge in [-0.15, -0.1) is 0 Å². The van der Waals surface area contributed by atoms with Gasteiger partial charge in [-0.1, -0.05) is 0 Å². The van der Waals surface area contributed by atoms with Gasteiger partial charge < -0.3 is 9.47 Å². The van der Waals surface area contributed by atoms with Crippen molar-refractivity contribution in [2.75, 3.05) is 6.61 Å². The first kappa shape index (κ1) is 11.0. The van der Waals surface area contributed by atoms with Crippen molar-refractivity contribution in [3.63, 3.8) is 0 Å². The molecule has 2 unspecified atom stereocenters. The molecule has 0 aromatic carbocycles. The minimum atomic E-state index is -0.328. The fourth-order valence-corrected chi connectivity index (χ4v) is 1.80. The van der Waals surface area contributed by atoms with Gasteiger partial charge in [0.1, 0.15) is 6.10 Å². The molecule has 1 saturated carbocycles. The van der Waals surface area contributed by atoms with E-state index >= 15 is 0 Å². The summed E-state index contributed by atoms with van der Waals surface area (Å²) in [7, 11) is 0.